The quantitative estimate of drug-likeness (QED) is 0.695. The highest BCUT2D eigenvalue weighted by molar-refractivity contribution is 5.96. The van der Waals surface area contributed by atoms with E-state index in [9.17, 15) is 9.59 Å². The van der Waals surface area contributed by atoms with E-state index in [4.69, 9.17) is 14.2 Å². The second-order valence-corrected chi connectivity index (χ2v) is 4.58. The molecule has 1 aliphatic rings. The van der Waals surface area contributed by atoms with Crippen molar-refractivity contribution >= 4 is 17.6 Å². The molecule has 6 heteroatoms. The summed E-state index contributed by atoms with van der Waals surface area (Å²) in [6.45, 7) is -0.0586. The molecule has 2 aromatic carbocycles. The summed E-state index contributed by atoms with van der Waals surface area (Å²) in [7, 11) is 1.49. The largest absolute Gasteiger partial charge is 0.496 e. The van der Waals surface area contributed by atoms with E-state index in [1.165, 1.54) is 7.11 Å². The van der Waals surface area contributed by atoms with Gasteiger partial charge in [-0.15, -0.1) is 0 Å². The van der Waals surface area contributed by atoms with Crippen LogP contribution in [0.15, 0.2) is 42.5 Å². The zero-order valence-corrected chi connectivity index (χ0v) is 11.8. The Morgan fingerprint density at radius 3 is 2.86 bits per heavy atom. The lowest BCUT2D eigenvalue weighted by atomic mass is 10.2. The molecule has 112 valence electrons. The number of ether oxygens (including phenoxy) is 3. The van der Waals surface area contributed by atoms with Crippen molar-refractivity contribution in [1.29, 1.82) is 0 Å². The van der Waals surface area contributed by atoms with Gasteiger partial charge in [-0.05, 0) is 24.3 Å². The first-order valence-electron chi connectivity index (χ1n) is 6.59. The standard InChI is InChI=1S/C16H13NO5/c1-20-13-5-3-2-4-11(13)16(19)22-10-6-7-12-14(8-10)21-9-15(18)17-12/h2-8H,9H2,1H3,(H,17,18). The summed E-state index contributed by atoms with van der Waals surface area (Å²) in [6.07, 6.45) is 0. The van der Waals surface area contributed by atoms with Crippen LogP contribution in [0.3, 0.4) is 0 Å². The molecule has 0 saturated carbocycles. The third-order valence-electron chi connectivity index (χ3n) is 3.12. The molecule has 1 heterocycles. The van der Waals surface area contributed by atoms with E-state index in [1.807, 2.05) is 0 Å². The van der Waals surface area contributed by atoms with Crippen LogP contribution in [0, 0.1) is 0 Å². The van der Waals surface area contributed by atoms with Crippen LogP contribution < -0.4 is 19.5 Å². The van der Waals surface area contributed by atoms with Crippen molar-refractivity contribution in [2.75, 3.05) is 19.0 Å². The lowest BCUT2D eigenvalue weighted by Gasteiger charge is -2.18. The fourth-order valence-electron chi connectivity index (χ4n) is 2.09. The minimum Gasteiger partial charge on any atom is -0.496 e. The Labute approximate surface area is 126 Å². The van der Waals surface area contributed by atoms with Gasteiger partial charge in [0.25, 0.3) is 5.91 Å². The van der Waals surface area contributed by atoms with Crippen LogP contribution in [0.1, 0.15) is 10.4 Å². The molecule has 0 aliphatic carbocycles. The molecule has 2 aromatic rings. The van der Waals surface area contributed by atoms with Gasteiger partial charge in [0.1, 0.15) is 22.8 Å². The highest BCUT2D eigenvalue weighted by Crippen LogP contribution is 2.32. The van der Waals surface area contributed by atoms with E-state index >= 15 is 0 Å². The van der Waals surface area contributed by atoms with Crippen molar-refractivity contribution in [2.45, 2.75) is 0 Å². The van der Waals surface area contributed by atoms with Crippen LogP contribution in [0.4, 0.5) is 5.69 Å². The fourth-order valence-corrected chi connectivity index (χ4v) is 2.09. The molecule has 0 atom stereocenters. The van der Waals surface area contributed by atoms with Crippen molar-refractivity contribution in [3.8, 4) is 17.2 Å². The summed E-state index contributed by atoms with van der Waals surface area (Å²) in [4.78, 5) is 23.4. The van der Waals surface area contributed by atoms with Gasteiger partial charge < -0.3 is 19.5 Å². The molecule has 0 fully saturated rings. The maximum atomic E-state index is 12.2. The number of para-hydroxylation sites is 1. The summed E-state index contributed by atoms with van der Waals surface area (Å²) < 4.78 is 15.7. The number of hydrogen-bond donors (Lipinski definition) is 1. The molecular formula is C16H13NO5. The van der Waals surface area contributed by atoms with Crippen LogP contribution in [-0.2, 0) is 4.79 Å². The Hall–Kier alpha value is -3.02. The smallest absolute Gasteiger partial charge is 0.347 e. The Morgan fingerprint density at radius 2 is 2.05 bits per heavy atom. The Balaban J connectivity index is 1.81. The summed E-state index contributed by atoms with van der Waals surface area (Å²) >= 11 is 0. The topological polar surface area (TPSA) is 73.9 Å². The fraction of sp³-hybridized carbons (Fsp3) is 0.125. The second-order valence-electron chi connectivity index (χ2n) is 4.58. The van der Waals surface area contributed by atoms with Crippen molar-refractivity contribution in [2.24, 2.45) is 0 Å². The summed E-state index contributed by atoms with van der Waals surface area (Å²) in [5.41, 5.74) is 0.880. The van der Waals surface area contributed by atoms with E-state index in [0.717, 1.165) is 0 Å². The van der Waals surface area contributed by atoms with Crippen LogP contribution in [0.5, 0.6) is 17.2 Å². The van der Waals surface area contributed by atoms with Crippen LogP contribution in [-0.4, -0.2) is 25.6 Å². The highest BCUT2D eigenvalue weighted by Gasteiger charge is 2.18. The normalized spacial score (nSPS) is 12.7. The van der Waals surface area contributed by atoms with Gasteiger partial charge >= 0.3 is 5.97 Å². The molecule has 0 aromatic heterocycles. The molecule has 22 heavy (non-hydrogen) atoms. The summed E-state index contributed by atoms with van der Waals surface area (Å²) in [5.74, 6) is 0.480. The lowest BCUT2D eigenvalue weighted by molar-refractivity contribution is -0.118. The van der Waals surface area contributed by atoms with Gasteiger partial charge in [0.2, 0.25) is 0 Å². The predicted octanol–water partition coefficient (Wildman–Crippen LogP) is 2.25. The highest BCUT2D eigenvalue weighted by atomic mass is 16.5. The van der Waals surface area contributed by atoms with E-state index in [2.05, 4.69) is 5.32 Å². The van der Waals surface area contributed by atoms with Crippen molar-refractivity contribution in [1.82, 2.24) is 0 Å². The Kier molecular flexibility index (Phi) is 3.65. The molecule has 0 unspecified atom stereocenters. The van der Waals surface area contributed by atoms with Gasteiger partial charge in [0, 0.05) is 6.07 Å². The van der Waals surface area contributed by atoms with Crippen molar-refractivity contribution in [3.05, 3.63) is 48.0 Å². The summed E-state index contributed by atoms with van der Waals surface area (Å²) in [6, 6.07) is 11.6. The van der Waals surface area contributed by atoms with Gasteiger partial charge in [-0.2, -0.15) is 0 Å². The van der Waals surface area contributed by atoms with Gasteiger partial charge in [0.05, 0.1) is 12.8 Å². The van der Waals surface area contributed by atoms with E-state index in [0.29, 0.717) is 28.5 Å². The molecular weight excluding hydrogens is 286 g/mol. The molecule has 1 aliphatic heterocycles. The minimum atomic E-state index is -0.530. The van der Waals surface area contributed by atoms with Gasteiger partial charge in [-0.3, -0.25) is 4.79 Å². The predicted molar refractivity (Wildman–Crippen MR) is 78.5 cm³/mol. The van der Waals surface area contributed by atoms with Crippen LogP contribution >= 0.6 is 0 Å². The average Bonchev–Trinajstić information content (AvgIpc) is 2.55. The first-order valence-corrected chi connectivity index (χ1v) is 6.59. The number of nitrogens with one attached hydrogen (secondary N) is 1. The van der Waals surface area contributed by atoms with E-state index in [1.54, 1.807) is 42.5 Å². The first-order chi connectivity index (χ1) is 10.7. The summed E-state index contributed by atoms with van der Waals surface area (Å²) in [5, 5.41) is 2.67. The number of rotatable bonds is 3. The van der Waals surface area contributed by atoms with Crippen LogP contribution in [0.2, 0.25) is 0 Å². The molecule has 0 bridgehead atoms. The SMILES string of the molecule is COc1ccccc1C(=O)Oc1ccc2c(c1)OCC(=O)N2. The number of benzene rings is 2. The molecule has 0 saturated heterocycles. The van der Waals surface area contributed by atoms with E-state index < -0.39 is 5.97 Å². The number of carbonyl (C=O) groups excluding carboxylic acids is 2. The minimum absolute atomic E-state index is 0.0586. The van der Waals surface area contributed by atoms with Crippen molar-refractivity contribution in [3.63, 3.8) is 0 Å². The number of anilines is 1. The van der Waals surface area contributed by atoms with Crippen LogP contribution in [0.25, 0.3) is 0 Å². The Morgan fingerprint density at radius 1 is 1.23 bits per heavy atom. The number of carbonyl (C=O) groups is 2. The molecule has 3 rings (SSSR count). The number of esters is 1. The maximum Gasteiger partial charge on any atom is 0.347 e. The molecule has 6 nitrogen and oxygen atoms in total. The number of methoxy groups -OCH3 is 1. The molecule has 0 radical (unpaired) electrons. The number of fused-ring (bicyclic) bond motifs is 1. The Bertz CT molecular complexity index is 741. The lowest BCUT2D eigenvalue weighted by Crippen LogP contribution is -2.25. The zero-order valence-electron chi connectivity index (χ0n) is 11.8. The van der Waals surface area contributed by atoms with Gasteiger partial charge in [-0.25, -0.2) is 4.79 Å². The third-order valence-corrected chi connectivity index (χ3v) is 3.12. The molecule has 1 N–H and O–H groups in total. The first kappa shape index (κ1) is 13.9. The number of amides is 1. The third kappa shape index (κ3) is 2.71. The van der Waals surface area contributed by atoms with Gasteiger partial charge in [0.15, 0.2) is 6.61 Å². The number of hydrogen-bond acceptors (Lipinski definition) is 5. The monoisotopic (exact) mass is 299 g/mol. The van der Waals surface area contributed by atoms with Gasteiger partial charge in [-0.1, -0.05) is 12.1 Å². The van der Waals surface area contributed by atoms with Crippen molar-refractivity contribution < 1.29 is 23.8 Å². The molecule has 1 amide bonds. The maximum absolute atomic E-state index is 12.2. The average molecular weight is 299 g/mol. The van der Waals surface area contributed by atoms with E-state index in [-0.39, 0.29) is 12.5 Å². The second kappa shape index (κ2) is 5.77. The molecule has 0 spiro atoms. The zero-order chi connectivity index (χ0) is 15.5.